The van der Waals surface area contributed by atoms with Gasteiger partial charge in [-0.05, 0) is 25.0 Å². The van der Waals surface area contributed by atoms with Crippen LogP contribution in [-0.4, -0.2) is 16.0 Å². The fraction of sp³-hybridized carbons (Fsp3) is 0.500. The van der Waals surface area contributed by atoms with E-state index in [0.717, 1.165) is 29.5 Å². The summed E-state index contributed by atoms with van der Waals surface area (Å²) in [5.41, 5.74) is 7.88. The van der Waals surface area contributed by atoms with Crippen LogP contribution in [0.2, 0.25) is 0 Å². The zero-order chi connectivity index (χ0) is 14.8. The van der Waals surface area contributed by atoms with E-state index < -0.39 is 0 Å². The molecule has 1 fully saturated rings. The van der Waals surface area contributed by atoms with E-state index in [4.69, 9.17) is 10.2 Å². The number of nitrogens with zero attached hydrogens (tertiary/aromatic N) is 3. The number of hydrogen-bond acceptors (Lipinski definition) is 5. The molecule has 5 heteroatoms. The number of hydrogen-bond donors (Lipinski definition) is 1. The maximum absolute atomic E-state index is 5.91. The molecule has 0 radical (unpaired) electrons. The van der Waals surface area contributed by atoms with Gasteiger partial charge in [0, 0.05) is 18.5 Å². The molecule has 0 aromatic carbocycles. The summed E-state index contributed by atoms with van der Waals surface area (Å²) in [6, 6.07) is 4.47. The Morgan fingerprint density at radius 3 is 2.81 bits per heavy atom. The summed E-state index contributed by atoms with van der Waals surface area (Å²) in [7, 11) is 0. The first-order chi connectivity index (χ1) is 10.2. The highest BCUT2D eigenvalue weighted by atomic mass is 16.3. The highest BCUT2D eigenvalue weighted by molar-refractivity contribution is 5.51. The van der Waals surface area contributed by atoms with Crippen molar-refractivity contribution in [2.24, 2.45) is 5.73 Å². The molecule has 5 nitrogen and oxygen atoms in total. The third-order valence-corrected chi connectivity index (χ3v) is 3.78. The van der Waals surface area contributed by atoms with Crippen LogP contribution in [0.5, 0.6) is 0 Å². The molecule has 2 aromatic rings. The standard InChI is InChI=1S/C16H22N4O/c1-11(2)16-18-9-15(14(8-17)19-16)20(12-5-6-12)10-13-4-3-7-21-13/h3-4,7,9,11-12H,5-6,8,10,17H2,1-2H3. The van der Waals surface area contributed by atoms with Crippen LogP contribution in [0, 0.1) is 0 Å². The largest absolute Gasteiger partial charge is 0.467 e. The van der Waals surface area contributed by atoms with Crippen LogP contribution in [-0.2, 0) is 13.1 Å². The van der Waals surface area contributed by atoms with Crippen LogP contribution in [0.4, 0.5) is 5.69 Å². The lowest BCUT2D eigenvalue weighted by molar-refractivity contribution is 0.500. The van der Waals surface area contributed by atoms with Crippen LogP contribution in [0.25, 0.3) is 0 Å². The first kappa shape index (κ1) is 14.1. The first-order valence-electron chi connectivity index (χ1n) is 7.54. The van der Waals surface area contributed by atoms with Gasteiger partial charge >= 0.3 is 0 Å². The minimum Gasteiger partial charge on any atom is -0.467 e. The minimum atomic E-state index is 0.309. The van der Waals surface area contributed by atoms with Gasteiger partial charge in [-0.2, -0.15) is 0 Å². The monoisotopic (exact) mass is 286 g/mol. The average Bonchev–Trinajstić information content (AvgIpc) is 3.21. The number of furan rings is 1. The second-order valence-corrected chi connectivity index (χ2v) is 5.86. The van der Waals surface area contributed by atoms with Crippen molar-refractivity contribution in [2.45, 2.75) is 51.7 Å². The van der Waals surface area contributed by atoms with E-state index in [0.29, 0.717) is 18.5 Å². The Kier molecular flexibility index (Phi) is 3.92. The molecule has 0 bridgehead atoms. The molecule has 0 aliphatic heterocycles. The molecule has 1 saturated carbocycles. The maximum atomic E-state index is 5.91. The van der Waals surface area contributed by atoms with Gasteiger partial charge in [0.05, 0.1) is 30.4 Å². The van der Waals surface area contributed by atoms with Crippen LogP contribution in [0.15, 0.2) is 29.0 Å². The molecular formula is C16H22N4O. The molecule has 3 rings (SSSR count). The molecule has 0 saturated heterocycles. The van der Waals surface area contributed by atoms with Gasteiger partial charge in [0.2, 0.25) is 0 Å². The van der Waals surface area contributed by atoms with Crippen molar-refractivity contribution in [2.75, 3.05) is 4.90 Å². The van der Waals surface area contributed by atoms with Crippen LogP contribution in [0.3, 0.4) is 0 Å². The van der Waals surface area contributed by atoms with Gasteiger partial charge in [0.15, 0.2) is 0 Å². The van der Waals surface area contributed by atoms with Gasteiger partial charge in [-0.3, -0.25) is 0 Å². The zero-order valence-corrected chi connectivity index (χ0v) is 12.6. The molecule has 21 heavy (non-hydrogen) atoms. The van der Waals surface area contributed by atoms with Gasteiger partial charge < -0.3 is 15.1 Å². The lowest BCUT2D eigenvalue weighted by atomic mass is 10.2. The molecule has 0 atom stereocenters. The van der Waals surface area contributed by atoms with Crippen LogP contribution in [0.1, 0.15) is 49.9 Å². The Morgan fingerprint density at radius 1 is 1.43 bits per heavy atom. The fourth-order valence-electron chi connectivity index (χ4n) is 2.46. The second-order valence-electron chi connectivity index (χ2n) is 5.86. The minimum absolute atomic E-state index is 0.309. The van der Waals surface area contributed by atoms with Gasteiger partial charge in [-0.15, -0.1) is 0 Å². The summed E-state index contributed by atoms with van der Waals surface area (Å²) < 4.78 is 5.49. The third kappa shape index (κ3) is 3.08. The van der Waals surface area contributed by atoms with E-state index in [1.807, 2.05) is 18.3 Å². The first-order valence-corrected chi connectivity index (χ1v) is 7.54. The number of aromatic nitrogens is 2. The van der Waals surface area contributed by atoms with E-state index in [-0.39, 0.29) is 0 Å². The molecule has 1 aliphatic carbocycles. The SMILES string of the molecule is CC(C)c1ncc(N(Cc2ccco2)C2CC2)c(CN)n1. The zero-order valence-electron chi connectivity index (χ0n) is 12.6. The molecule has 2 N–H and O–H groups in total. The molecule has 2 heterocycles. The summed E-state index contributed by atoms with van der Waals surface area (Å²) in [6.45, 7) is 5.36. The molecule has 0 unspecified atom stereocenters. The lowest BCUT2D eigenvalue weighted by Crippen LogP contribution is -2.27. The summed E-state index contributed by atoms with van der Waals surface area (Å²) in [6.07, 6.45) is 6.04. The Balaban J connectivity index is 1.91. The molecule has 1 aliphatic rings. The topological polar surface area (TPSA) is 68.2 Å². The highest BCUT2D eigenvalue weighted by Gasteiger charge is 2.31. The van der Waals surface area contributed by atoms with Gasteiger partial charge in [-0.25, -0.2) is 9.97 Å². The van der Waals surface area contributed by atoms with Crippen molar-refractivity contribution in [3.63, 3.8) is 0 Å². The van der Waals surface area contributed by atoms with Crippen molar-refractivity contribution < 1.29 is 4.42 Å². The molecule has 2 aromatic heterocycles. The summed E-state index contributed by atoms with van der Waals surface area (Å²) in [5, 5.41) is 0. The summed E-state index contributed by atoms with van der Waals surface area (Å²) in [5.74, 6) is 2.12. The van der Waals surface area contributed by atoms with Crippen molar-refractivity contribution in [3.05, 3.63) is 41.9 Å². The van der Waals surface area contributed by atoms with E-state index >= 15 is 0 Å². The van der Waals surface area contributed by atoms with Crippen molar-refractivity contribution in [3.8, 4) is 0 Å². The smallest absolute Gasteiger partial charge is 0.131 e. The van der Waals surface area contributed by atoms with E-state index in [1.165, 1.54) is 12.8 Å². The number of nitrogens with two attached hydrogens (primary N) is 1. The second kappa shape index (κ2) is 5.85. The number of anilines is 1. The van der Waals surface area contributed by atoms with Crippen molar-refractivity contribution in [1.82, 2.24) is 9.97 Å². The van der Waals surface area contributed by atoms with Gasteiger partial charge in [0.25, 0.3) is 0 Å². The quantitative estimate of drug-likeness (QED) is 0.884. The molecular weight excluding hydrogens is 264 g/mol. The van der Waals surface area contributed by atoms with E-state index in [1.54, 1.807) is 6.26 Å². The lowest BCUT2D eigenvalue weighted by Gasteiger charge is -2.25. The van der Waals surface area contributed by atoms with Crippen molar-refractivity contribution >= 4 is 5.69 Å². The predicted molar refractivity (Wildman–Crippen MR) is 81.9 cm³/mol. The highest BCUT2D eigenvalue weighted by Crippen LogP contribution is 2.34. The van der Waals surface area contributed by atoms with Crippen molar-refractivity contribution in [1.29, 1.82) is 0 Å². The van der Waals surface area contributed by atoms with Crippen LogP contribution < -0.4 is 10.6 Å². The average molecular weight is 286 g/mol. The van der Waals surface area contributed by atoms with Crippen LogP contribution >= 0.6 is 0 Å². The van der Waals surface area contributed by atoms with E-state index in [2.05, 4.69) is 28.7 Å². The predicted octanol–water partition coefficient (Wildman–Crippen LogP) is 2.82. The molecule has 112 valence electrons. The number of rotatable bonds is 6. The Labute approximate surface area is 125 Å². The Morgan fingerprint density at radius 2 is 2.24 bits per heavy atom. The Hall–Kier alpha value is -1.88. The normalized spacial score (nSPS) is 14.7. The fourth-order valence-corrected chi connectivity index (χ4v) is 2.46. The summed E-state index contributed by atoms with van der Waals surface area (Å²) in [4.78, 5) is 11.5. The summed E-state index contributed by atoms with van der Waals surface area (Å²) >= 11 is 0. The van der Waals surface area contributed by atoms with Gasteiger partial charge in [-0.1, -0.05) is 13.8 Å². The Bertz CT molecular complexity index is 590. The van der Waals surface area contributed by atoms with Gasteiger partial charge in [0.1, 0.15) is 11.6 Å². The third-order valence-electron chi connectivity index (χ3n) is 3.78. The maximum Gasteiger partial charge on any atom is 0.131 e. The molecule has 0 amide bonds. The van der Waals surface area contributed by atoms with E-state index in [9.17, 15) is 0 Å². The molecule has 0 spiro atoms.